The molecule has 5 nitrogen and oxygen atoms in total. The lowest BCUT2D eigenvalue weighted by atomic mass is 10.1. The number of imidazole rings is 1. The van der Waals surface area contributed by atoms with Gasteiger partial charge in [0, 0.05) is 12.2 Å². The summed E-state index contributed by atoms with van der Waals surface area (Å²) in [5.74, 6) is 0.0140. The van der Waals surface area contributed by atoms with Crippen LogP contribution in [0, 0.1) is 0 Å². The van der Waals surface area contributed by atoms with Crippen molar-refractivity contribution in [3.63, 3.8) is 0 Å². The van der Waals surface area contributed by atoms with E-state index in [0.717, 1.165) is 23.9 Å². The second-order valence-electron chi connectivity index (χ2n) is 5.76. The Morgan fingerprint density at radius 1 is 1.33 bits per heavy atom. The molecule has 1 aliphatic rings. The first kappa shape index (κ1) is 15.5. The maximum absolute atomic E-state index is 12.7. The number of hydrogen-bond donors (Lipinski definition) is 2. The maximum Gasteiger partial charge on any atom is 0.238 e. The molecular weight excluding hydrogens is 344 g/mol. The number of thioether (sulfide) groups is 1. The van der Waals surface area contributed by atoms with Crippen molar-refractivity contribution in [1.82, 2.24) is 20.3 Å². The van der Waals surface area contributed by atoms with Gasteiger partial charge in [-0.25, -0.2) is 9.97 Å². The summed E-state index contributed by atoms with van der Waals surface area (Å²) in [6.07, 6.45) is 3.68. The van der Waals surface area contributed by atoms with Crippen molar-refractivity contribution in [2.75, 3.05) is 0 Å². The average molecular weight is 359 g/mol. The molecule has 1 atom stereocenters. The van der Waals surface area contributed by atoms with Crippen LogP contribution in [0.2, 0.25) is 5.02 Å². The molecule has 0 spiro atoms. The number of fused-ring (bicyclic) bond motifs is 1. The van der Waals surface area contributed by atoms with Crippen molar-refractivity contribution in [1.29, 1.82) is 0 Å². The first-order valence-corrected chi connectivity index (χ1v) is 8.98. The van der Waals surface area contributed by atoms with E-state index in [9.17, 15) is 4.79 Å². The highest BCUT2D eigenvalue weighted by molar-refractivity contribution is 8.00. The van der Waals surface area contributed by atoms with Gasteiger partial charge in [0.05, 0.1) is 10.5 Å². The summed E-state index contributed by atoms with van der Waals surface area (Å²) in [5.41, 5.74) is 2.31. The standard InChI is InChI=1S/C17H15ClN4OS/c18-11-8-13-15(19-9-11)22-17(21-13)24-14(10-4-2-1-3-5-10)16(23)20-12-6-7-12/h1-5,8-9,12,14H,6-7H2,(H,20,23)(H,19,21,22). The average Bonchev–Trinajstić information content (AvgIpc) is 3.30. The quantitative estimate of drug-likeness (QED) is 0.682. The normalized spacial score (nSPS) is 15.4. The van der Waals surface area contributed by atoms with E-state index < -0.39 is 0 Å². The first-order chi connectivity index (χ1) is 11.7. The molecule has 1 aliphatic carbocycles. The number of carbonyl (C=O) groups excluding carboxylic acids is 1. The van der Waals surface area contributed by atoms with Crippen LogP contribution in [-0.2, 0) is 4.79 Å². The summed E-state index contributed by atoms with van der Waals surface area (Å²) in [4.78, 5) is 24.5. The molecule has 3 aromatic rings. The van der Waals surface area contributed by atoms with Gasteiger partial charge in [-0.1, -0.05) is 53.7 Å². The van der Waals surface area contributed by atoms with Gasteiger partial charge in [-0.05, 0) is 24.5 Å². The summed E-state index contributed by atoms with van der Waals surface area (Å²) in [6.45, 7) is 0. The van der Waals surface area contributed by atoms with Crippen molar-refractivity contribution in [2.45, 2.75) is 29.3 Å². The van der Waals surface area contributed by atoms with Crippen LogP contribution < -0.4 is 5.32 Å². The fourth-order valence-corrected chi connectivity index (χ4v) is 3.58. The summed E-state index contributed by atoms with van der Waals surface area (Å²) >= 11 is 7.35. The summed E-state index contributed by atoms with van der Waals surface area (Å²) in [5, 5.41) is 3.92. The smallest absolute Gasteiger partial charge is 0.238 e. The van der Waals surface area contributed by atoms with Gasteiger partial charge in [0.15, 0.2) is 10.8 Å². The Balaban J connectivity index is 1.63. The van der Waals surface area contributed by atoms with Crippen LogP contribution in [0.15, 0.2) is 47.8 Å². The van der Waals surface area contributed by atoms with E-state index in [2.05, 4.69) is 20.3 Å². The van der Waals surface area contributed by atoms with Gasteiger partial charge in [0.1, 0.15) is 5.25 Å². The Kier molecular flexibility index (Phi) is 4.16. The minimum Gasteiger partial charge on any atom is -0.352 e. The van der Waals surface area contributed by atoms with Crippen LogP contribution >= 0.6 is 23.4 Å². The molecule has 2 aromatic heterocycles. The van der Waals surface area contributed by atoms with Gasteiger partial charge in [-0.2, -0.15) is 0 Å². The van der Waals surface area contributed by atoms with E-state index in [1.165, 1.54) is 11.8 Å². The third-order valence-electron chi connectivity index (χ3n) is 3.78. The summed E-state index contributed by atoms with van der Waals surface area (Å²) < 4.78 is 0. The number of aromatic amines is 1. The van der Waals surface area contributed by atoms with E-state index in [4.69, 9.17) is 11.6 Å². The minimum absolute atomic E-state index is 0.0140. The molecule has 1 fully saturated rings. The summed E-state index contributed by atoms with van der Waals surface area (Å²) in [7, 11) is 0. The molecule has 1 aromatic carbocycles. The zero-order chi connectivity index (χ0) is 16.5. The SMILES string of the molecule is O=C(NC1CC1)C(Sc1nc2ncc(Cl)cc2[nH]1)c1ccccc1. The molecule has 1 saturated carbocycles. The largest absolute Gasteiger partial charge is 0.352 e. The van der Waals surface area contributed by atoms with Crippen molar-refractivity contribution in [3.05, 3.63) is 53.2 Å². The van der Waals surface area contributed by atoms with Crippen LogP contribution in [0.25, 0.3) is 11.2 Å². The number of nitrogens with one attached hydrogen (secondary N) is 2. The highest BCUT2D eigenvalue weighted by Gasteiger charge is 2.29. The van der Waals surface area contributed by atoms with Gasteiger partial charge in [-0.3, -0.25) is 4.79 Å². The lowest BCUT2D eigenvalue weighted by Crippen LogP contribution is -2.29. The molecule has 0 bridgehead atoms. The number of H-pyrrole nitrogens is 1. The highest BCUT2D eigenvalue weighted by atomic mass is 35.5. The molecule has 0 aliphatic heterocycles. The molecule has 2 heterocycles. The molecule has 1 unspecified atom stereocenters. The van der Waals surface area contributed by atoms with Crippen LogP contribution in [0.5, 0.6) is 0 Å². The zero-order valence-electron chi connectivity index (χ0n) is 12.7. The van der Waals surface area contributed by atoms with Crippen molar-refractivity contribution in [2.24, 2.45) is 0 Å². The van der Waals surface area contributed by atoms with E-state index >= 15 is 0 Å². The molecule has 7 heteroatoms. The van der Waals surface area contributed by atoms with Gasteiger partial charge in [0.25, 0.3) is 0 Å². The number of halogens is 1. The lowest BCUT2D eigenvalue weighted by Gasteiger charge is -2.15. The Hall–Kier alpha value is -2.05. The number of benzene rings is 1. The van der Waals surface area contributed by atoms with Gasteiger partial charge >= 0.3 is 0 Å². The van der Waals surface area contributed by atoms with Crippen molar-refractivity contribution in [3.8, 4) is 0 Å². The second kappa shape index (κ2) is 6.45. The number of aromatic nitrogens is 3. The third-order valence-corrected chi connectivity index (χ3v) is 5.12. The number of hydrogen-bond acceptors (Lipinski definition) is 4. The Bertz CT molecular complexity index is 879. The topological polar surface area (TPSA) is 70.7 Å². The fourth-order valence-electron chi connectivity index (χ4n) is 2.43. The molecular formula is C17H15ClN4OS. The van der Waals surface area contributed by atoms with Crippen LogP contribution in [0.3, 0.4) is 0 Å². The third kappa shape index (κ3) is 3.39. The van der Waals surface area contributed by atoms with Gasteiger partial charge in [0.2, 0.25) is 5.91 Å². The fraction of sp³-hybridized carbons (Fsp3) is 0.235. The van der Waals surface area contributed by atoms with Crippen LogP contribution in [-0.4, -0.2) is 26.9 Å². The Morgan fingerprint density at radius 2 is 2.12 bits per heavy atom. The zero-order valence-corrected chi connectivity index (χ0v) is 14.3. The Labute approximate surface area is 148 Å². The highest BCUT2D eigenvalue weighted by Crippen LogP contribution is 2.35. The van der Waals surface area contributed by atoms with Gasteiger partial charge < -0.3 is 10.3 Å². The summed E-state index contributed by atoms with van der Waals surface area (Å²) in [6, 6.07) is 11.8. The van der Waals surface area contributed by atoms with Crippen molar-refractivity contribution >= 4 is 40.4 Å². The molecule has 2 N–H and O–H groups in total. The van der Waals surface area contributed by atoms with E-state index in [0.29, 0.717) is 21.9 Å². The number of pyridine rings is 1. The predicted molar refractivity (Wildman–Crippen MR) is 95.1 cm³/mol. The van der Waals surface area contributed by atoms with E-state index in [-0.39, 0.29) is 11.2 Å². The molecule has 0 radical (unpaired) electrons. The lowest BCUT2D eigenvalue weighted by molar-refractivity contribution is -0.120. The number of rotatable bonds is 5. The molecule has 1 amide bonds. The van der Waals surface area contributed by atoms with Crippen LogP contribution in [0.4, 0.5) is 0 Å². The predicted octanol–water partition coefficient (Wildman–Crippen LogP) is 3.72. The molecule has 24 heavy (non-hydrogen) atoms. The van der Waals surface area contributed by atoms with Crippen molar-refractivity contribution < 1.29 is 4.79 Å². The second-order valence-corrected chi connectivity index (χ2v) is 7.29. The molecule has 122 valence electrons. The molecule has 4 rings (SSSR count). The maximum atomic E-state index is 12.7. The number of carbonyl (C=O) groups is 1. The van der Waals surface area contributed by atoms with Crippen LogP contribution in [0.1, 0.15) is 23.7 Å². The number of amides is 1. The molecule has 0 saturated heterocycles. The monoisotopic (exact) mass is 358 g/mol. The minimum atomic E-state index is -0.358. The Morgan fingerprint density at radius 3 is 2.88 bits per heavy atom. The van der Waals surface area contributed by atoms with E-state index in [1.54, 1.807) is 12.3 Å². The van der Waals surface area contributed by atoms with E-state index in [1.807, 2.05) is 30.3 Å². The number of nitrogens with zero attached hydrogens (tertiary/aromatic N) is 2. The first-order valence-electron chi connectivity index (χ1n) is 7.72. The van der Waals surface area contributed by atoms with Gasteiger partial charge in [-0.15, -0.1) is 0 Å².